The zero-order valence-electron chi connectivity index (χ0n) is 21.4. The van der Waals surface area contributed by atoms with Crippen molar-refractivity contribution >= 4 is 34.0 Å². The first-order chi connectivity index (χ1) is 18.9. The lowest BCUT2D eigenvalue weighted by molar-refractivity contribution is 0.341. The lowest BCUT2D eigenvalue weighted by Crippen LogP contribution is -2.56. The van der Waals surface area contributed by atoms with Crippen LogP contribution in [0.1, 0.15) is 23.4 Å². The molecule has 39 heavy (non-hydrogen) atoms. The number of ether oxygens (including phenoxy) is 1. The number of benzene rings is 1. The SMILES string of the molecule is COc1ccc(-c2cc(Cn3cnc4c(N)ncnc43)c(N3CCC[C@](N)(Cc4nccs4)C3)cn2)cc1F. The largest absolute Gasteiger partial charge is 0.494 e. The van der Waals surface area contributed by atoms with Crippen molar-refractivity contribution in [2.24, 2.45) is 5.73 Å². The molecule has 1 aliphatic rings. The Morgan fingerprint density at radius 1 is 1.15 bits per heavy atom. The van der Waals surface area contributed by atoms with E-state index in [1.165, 1.54) is 19.5 Å². The molecule has 5 aromatic rings. The van der Waals surface area contributed by atoms with E-state index in [2.05, 4.69) is 24.8 Å². The summed E-state index contributed by atoms with van der Waals surface area (Å²) in [6.07, 6.45) is 9.39. The predicted molar refractivity (Wildman–Crippen MR) is 149 cm³/mol. The fourth-order valence-corrected chi connectivity index (χ4v) is 6.01. The molecule has 5 heterocycles. The van der Waals surface area contributed by atoms with Crippen LogP contribution in [0.15, 0.2) is 54.7 Å². The van der Waals surface area contributed by atoms with Crippen LogP contribution < -0.4 is 21.1 Å². The molecule has 1 atom stereocenters. The number of aromatic nitrogens is 6. The number of nitrogen functional groups attached to an aromatic ring is 1. The van der Waals surface area contributed by atoms with Crippen molar-refractivity contribution in [2.45, 2.75) is 31.3 Å². The Morgan fingerprint density at radius 3 is 2.85 bits per heavy atom. The van der Waals surface area contributed by atoms with Crippen molar-refractivity contribution in [1.29, 1.82) is 0 Å². The van der Waals surface area contributed by atoms with Gasteiger partial charge in [-0.1, -0.05) is 0 Å². The highest BCUT2D eigenvalue weighted by Gasteiger charge is 2.33. The number of nitrogens with two attached hydrogens (primary N) is 2. The Hall–Kier alpha value is -4.16. The Labute approximate surface area is 228 Å². The van der Waals surface area contributed by atoms with Crippen LogP contribution in [0.2, 0.25) is 0 Å². The molecule has 0 spiro atoms. The van der Waals surface area contributed by atoms with Crippen molar-refractivity contribution < 1.29 is 9.13 Å². The third-order valence-electron chi connectivity index (χ3n) is 7.12. The summed E-state index contributed by atoms with van der Waals surface area (Å²) in [5.74, 6) is 0.0705. The van der Waals surface area contributed by atoms with Crippen LogP contribution in [-0.4, -0.2) is 55.2 Å². The van der Waals surface area contributed by atoms with Crippen molar-refractivity contribution in [3.63, 3.8) is 0 Å². The maximum atomic E-state index is 14.5. The third kappa shape index (κ3) is 5.00. The number of anilines is 2. The number of hydrogen-bond donors (Lipinski definition) is 2. The minimum Gasteiger partial charge on any atom is -0.494 e. The smallest absolute Gasteiger partial charge is 0.165 e. The van der Waals surface area contributed by atoms with Gasteiger partial charge in [0.05, 0.1) is 42.6 Å². The van der Waals surface area contributed by atoms with Gasteiger partial charge in [-0.05, 0) is 42.7 Å². The molecule has 200 valence electrons. The van der Waals surface area contributed by atoms with Gasteiger partial charge in [0.2, 0.25) is 0 Å². The van der Waals surface area contributed by atoms with E-state index in [-0.39, 0.29) is 5.75 Å². The molecular weight excluding hydrogens is 517 g/mol. The first kappa shape index (κ1) is 25.1. The van der Waals surface area contributed by atoms with Gasteiger partial charge in [0.1, 0.15) is 11.8 Å². The molecule has 1 aliphatic heterocycles. The van der Waals surface area contributed by atoms with Crippen molar-refractivity contribution in [1.82, 2.24) is 29.5 Å². The maximum absolute atomic E-state index is 14.5. The summed E-state index contributed by atoms with van der Waals surface area (Å²) in [5, 5.41) is 3.02. The second kappa shape index (κ2) is 10.2. The maximum Gasteiger partial charge on any atom is 0.165 e. The van der Waals surface area contributed by atoms with E-state index in [1.54, 1.807) is 29.8 Å². The molecule has 1 fully saturated rings. The van der Waals surface area contributed by atoms with Crippen LogP contribution in [0.4, 0.5) is 15.9 Å². The summed E-state index contributed by atoms with van der Waals surface area (Å²) in [4.78, 5) is 24.4. The number of halogens is 1. The molecule has 4 N–H and O–H groups in total. The number of nitrogens with zero attached hydrogens (tertiary/aromatic N) is 7. The molecular formula is C27H28FN9OS. The topological polar surface area (TPSA) is 134 Å². The number of thiazole rings is 1. The average Bonchev–Trinajstić information content (AvgIpc) is 3.59. The highest BCUT2D eigenvalue weighted by Crippen LogP contribution is 2.33. The predicted octanol–water partition coefficient (Wildman–Crippen LogP) is 3.66. The molecule has 4 aromatic heterocycles. The van der Waals surface area contributed by atoms with Crippen LogP contribution in [0.25, 0.3) is 22.4 Å². The highest BCUT2D eigenvalue weighted by atomic mass is 32.1. The minimum atomic E-state index is -0.443. The molecule has 0 amide bonds. The van der Waals surface area contributed by atoms with E-state index in [4.69, 9.17) is 21.2 Å². The second-order valence-electron chi connectivity index (χ2n) is 9.84. The Morgan fingerprint density at radius 2 is 2.05 bits per heavy atom. The minimum absolute atomic E-state index is 0.186. The lowest BCUT2D eigenvalue weighted by Gasteiger charge is -2.41. The molecule has 6 rings (SSSR count). The van der Waals surface area contributed by atoms with E-state index in [9.17, 15) is 4.39 Å². The molecule has 0 saturated carbocycles. The van der Waals surface area contributed by atoms with Crippen LogP contribution >= 0.6 is 11.3 Å². The van der Waals surface area contributed by atoms with Gasteiger partial charge in [0, 0.05) is 42.2 Å². The van der Waals surface area contributed by atoms with E-state index in [1.807, 2.05) is 28.4 Å². The number of hydrogen-bond acceptors (Lipinski definition) is 10. The molecule has 0 radical (unpaired) electrons. The highest BCUT2D eigenvalue weighted by molar-refractivity contribution is 7.09. The third-order valence-corrected chi connectivity index (χ3v) is 7.90. The van der Waals surface area contributed by atoms with Crippen LogP contribution in [0, 0.1) is 5.82 Å². The normalized spacial score (nSPS) is 17.6. The van der Waals surface area contributed by atoms with Crippen LogP contribution in [-0.2, 0) is 13.0 Å². The fourth-order valence-electron chi connectivity index (χ4n) is 5.23. The zero-order valence-corrected chi connectivity index (χ0v) is 22.2. The van der Waals surface area contributed by atoms with Crippen LogP contribution in [0.5, 0.6) is 5.75 Å². The van der Waals surface area contributed by atoms with Gasteiger partial charge < -0.3 is 25.7 Å². The molecule has 1 saturated heterocycles. The van der Waals surface area contributed by atoms with E-state index in [0.29, 0.717) is 41.3 Å². The number of imidazole rings is 1. The Bertz CT molecular complexity index is 1620. The van der Waals surface area contributed by atoms with Gasteiger partial charge in [-0.2, -0.15) is 0 Å². The van der Waals surface area contributed by atoms with Gasteiger partial charge in [0.15, 0.2) is 23.0 Å². The number of pyridine rings is 1. The van der Waals surface area contributed by atoms with E-state index in [0.717, 1.165) is 42.1 Å². The van der Waals surface area contributed by atoms with Gasteiger partial charge in [-0.25, -0.2) is 24.3 Å². The molecule has 0 aliphatic carbocycles. The number of piperidine rings is 1. The summed E-state index contributed by atoms with van der Waals surface area (Å²) >= 11 is 1.63. The average molecular weight is 546 g/mol. The van der Waals surface area contributed by atoms with E-state index < -0.39 is 11.4 Å². The van der Waals surface area contributed by atoms with Crippen LogP contribution in [0.3, 0.4) is 0 Å². The number of rotatable bonds is 7. The van der Waals surface area contributed by atoms with Crippen molar-refractivity contribution in [2.75, 3.05) is 30.8 Å². The first-order valence-corrected chi connectivity index (χ1v) is 13.5. The second-order valence-corrected chi connectivity index (χ2v) is 10.8. The summed E-state index contributed by atoms with van der Waals surface area (Å²) < 4.78 is 21.6. The number of methoxy groups -OCH3 is 1. The molecule has 0 unspecified atom stereocenters. The van der Waals surface area contributed by atoms with Gasteiger partial charge in [0.25, 0.3) is 0 Å². The fraction of sp³-hybridized carbons (Fsp3) is 0.296. The molecule has 1 aromatic carbocycles. The van der Waals surface area contributed by atoms with Gasteiger partial charge >= 0.3 is 0 Å². The summed E-state index contributed by atoms with van der Waals surface area (Å²) in [6, 6.07) is 6.83. The monoisotopic (exact) mass is 545 g/mol. The van der Waals surface area contributed by atoms with Crippen molar-refractivity contribution in [3.05, 3.63) is 71.1 Å². The quantitative estimate of drug-likeness (QED) is 0.314. The zero-order chi connectivity index (χ0) is 27.0. The molecule has 12 heteroatoms. The summed E-state index contributed by atoms with van der Waals surface area (Å²) in [7, 11) is 1.44. The van der Waals surface area contributed by atoms with Crippen molar-refractivity contribution in [3.8, 4) is 17.0 Å². The molecule has 0 bridgehead atoms. The lowest BCUT2D eigenvalue weighted by atomic mass is 9.86. The molecule has 10 nitrogen and oxygen atoms in total. The van der Waals surface area contributed by atoms with Gasteiger partial charge in [-0.15, -0.1) is 11.3 Å². The Kier molecular flexibility index (Phi) is 6.57. The van der Waals surface area contributed by atoms with E-state index >= 15 is 0 Å². The standard InChI is InChI=1S/C27H28FN9OS/c1-38-22-4-3-17(9-19(22)28)20-10-18(13-37-16-35-24-25(29)33-15-34-26(24)37)21(12-32-20)36-7-2-5-27(30,14-36)11-23-31-6-8-39-23/h3-4,6,8-10,12,15-16H,2,5,7,11,13-14,30H2,1H3,(H2,29,33,34)/t27-/m0/s1. The first-order valence-electron chi connectivity index (χ1n) is 12.6. The summed E-state index contributed by atoms with van der Waals surface area (Å²) in [6.45, 7) is 1.97. The number of fused-ring (bicyclic) bond motifs is 1. The summed E-state index contributed by atoms with van der Waals surface area (Å²) in [5.41, 5.74) is 17.0. The Balaban J connectivity index is 1.39. The van der Waals surface area contributed by atoms with Gasteiger partial charge in [-0.3, -0.25) is 4.98 Å².